The minimum atomic E-state index is -4.39. The molecule has 2 rings (SSSR count). The van der Waals surface area contributed by atoms with Crippen molar-refractivity contribution in [3.8, 4) is 0 Å². The van der Waals surface area contributed by atoms with Crippen molar-refractivity contribution in [3.63, 3.8) is 0 Å². The lowest BCUT2D eigenvalue weighted by Crippen LogP contribution is -2.29. The van der Waals surface area contributed by atoms with E-state index in [2.05, 4.69) is 5.32 Å². The number of rotatable bonds is 4. The summed E-state index contributed by atoms with van der Waals surface area (Å²) in [4.78, 5) is 11.4. The van der Waals surface area contributed by atoms with E-state index in [1.165, 1.54) is 12.1 Å². The van der Waals surface area contributed by atoms with E-state index in [1.807, 2.05) is 0 Å². The van der Waals surface area contributed by atoms with E-state index in [1.54, 1.807) is 0 Å². The number of halogens is 3. The molecule has 104 valence electrons. The highest BCUT2D eigenvalue weighted by molar-refractivity contribution is 5.80. The van der Waals surface area contributed by atoms with Crippen molar-refractivity contribution < 1.29 is 23.1 Å². The SMILES string of the molecule is O=C(NCC(O)c1ccc(C(F)(F)F)cc1)C1CC1. The van der Waals surface area contributed by atoms with Gasteiger partial charge in [0.2, 0.25) is 5.91 Å². The second-order valence-electron chi connectivity index (χ2n) is 4.65. The van der Waals surface area contributed by atoms with Crippen LogP contribution in [0.3, 0.4) is 0 Å². The number of amides is 1. The van der Waals surface area contributed by atoms with Crippen LogP contribution < -0.4 is 5.32 Å². The van der Waals surface area contributed by atoms with Crippen molar-refractivity contribution in [3.05, 3.63) is 35.4 Å². The summed E-state index contributed by atoms with van der Waals surface area (Å²) < 4.78 is 37.1. The average Bonchev–Trinajstić information content (AvgIpc) is 3.19. The number of carbonyl (C=O) groups excluding carboxylic acids is 1. The topological polar surface area (TPSA) is 49.3 Å². The highest BCUT2D eigenvalue weighted by atomic mass is 19.4. The van der Waals surface area contributed by atoms with Gasteiger partial charge in [0.1, 0.15) is 0 Å². The van der Waals surface area contributed by atoms with Gasteiger partial charge in [0.25, 0.3) is 0 Å². The third kappa shape index (κ3) is 3.70. The Hall–Kier alpha value is -1.56. The maximum Gasteiger partial charge on any atom is 0.416 e. The van der Waals surface area contributed by atoms with Gasteiger partial charge in [0.05, 0.1) is 11.7 Å². The molecule has 0 aliphatic heterocycles. The van der Waals surface area contributed by atoms with E-state index in [0.717, 1.165) is 25.0 Å². The fraction of sp³-hybridized carbons (Fsp3) is 0.462. The Balaban J connectivity index is 1.91. The van der Waals surface area contributed by atoms with E-state index >= 15 is 0 Å². The molecule has 1 amide bonds. The first-order chi connectivity index (χ1) is 8.88. The molecular formula is C13H14F3NO2. The van der Waals surface area contributed by atoms with Gasteiger partial charge in [-0.3, -0.25) is 4.79 Å². The summed E-state index contributed by atoms with van der Waals surface area (Å²) in [6.07, 6.45) is -3.65. The Kier molecular flexibility index (Phi) is 3.80. The van der Waals surface area contributed by atoms with E-state index in [0.29, 0.717) is 5.56 Å². The molecule has 1 aliphatic carbocycles. The molecule has 1 fully saturated rings. The quantitative estimate of drug-likeness (QED) is 0.884. The molecule has 0 spiro atoms. The van der Waals surface area contributed by atoms with Crippen LogP contribution in [0.15, 0.2) is 24.3 Å². The Labute approximate surface area is 108 Å². The molecule has 0 radical (unpaired) electrons. The first-order valence-corrected chi connectivity index (χ1v) is 6.01. The molecule has 1 aromatic carbocycles. The molecule has 2 N–H and O–H groups in total. The van der Waals surface area contributed by atoms with Gasteiger partial charge in [0.15, 0.2) is 0 Å². The number of benzene rings is 1. The Morgan fingerprint density at radius 2 is 1.89 bits per heavy atom. The Bertz CT molecular complexity index is 452. The molecule has 1 saturated carbocycles. The molecule has 0 saturated heterocycles. The van der Waals surface area contributed by atoms with Crippen molar-refractivity contribution in [2.45, 2.75) is 25.1 Å². The van der Waals surface area contributed by atoms with Gasteiger partial charge in [-0.25, -0.2) is 0 Å². The van der Waals surface area contributed by atoms with E-state index in [-0.39, 0.29) is 18.4 Å². The monoisotopic (exact) mass is 273 g/mol. The van der Waals surface area contributed by atoms with Crippen LogP contribution in [0.4, 0.5) is 13.2 Å². The maximum atomic E-state index is 12.4. The van der Waals surface area contributed by atoms with E-state index in [4.69, 9.17) is 0 Å². The van der Waals surface area contributed by atoms with Gasteiger partial charge >= 0.3 is 6.18 Å². The van der Waals surface area contributed by atoms with Crippen LogP contribution >= 0.6 is 0 Å². The summed E-state index contributed by atoms with van der Waals surface area (Å²) in [5.74, 6) is -0.0641. The predicted molar refractivity (Wildman–Crippen MR) is 62.1 cm³/mol. The molecule has 1 unspecified atom stereocenters. The zero-order chi connectivity index (χ0) is 14.0. The summed E-state index contributed by atoms with van der Waals surface area (Å²) in [5.41, 5.74) is -0.408. The molecule has 6 heteroatoms. The Morgan fingerprint density at radius 3 is 2.37 bits per heavy atom. The lowest BCUT2D eigenvalue weighted by Gasteiger charge is -2.13. The van der Waals surface area contributed by atoms with Crippen LogP contribution in [0.5, 0.6) is 0 Å². The number of hydrogen-bond donors (Lipinski definition) is 2. The average molecular weight is 273 g/mol. The van der Waals surface area contributed by atoms with Crippen molar-refractivity contribution >= 4 is 5.91 Å². The second-order valence-corrected chi connectivity index (χ2v) is 4.65. The Morgan fingerprint density at radius 1 is 1.32 bits per heavy atom. The third-order valence-corrected chi connectivity index (χ3v) is 3.04. The highest BCUT2D eigenvalue weighted by Crippen LogP contribution is 2.30. The predicted octanol–water partition coefficient (Wildman–Crippen LogP) is 2.27. The zero-order valence-electron chi connectivity index (χ0n) is 10.1. The minimum absolute atomic E-state index is 0.0146. The van der Waals surface area contributed by atoms with Crippen molar-refractivity contribution in [1.82, 2.24) is 5.32 Å². The fourth-order valence-electron chi connectivity index (χ4n) is 1.70. The van der Waals surface area contributed by atoms with Crippen LogP contribution in [0.1, 0.15) is 30.1 Å². The molecule has 1 aliphatic rings. The van der Waals surface area contributed by atoms with Gasteiger partial charge in [-0.2, -0.15) is 13.2 Å². The summed E-state index contributed by atoms with van der Waals surface area (Å²) >= 11 is 0. The molecule has 1 atom stereocenters. The number of hydrogen-bond acceptors (Lipinski definition) is 2. The molecule has 1 aromatic rings. The zero-order valence-corrected chi connectivity index (χ0v) is 10.1. The first kappa shape index (κ1) is 13.9. The third-order valence-electron chi connectivity index (χ3n) is 3.04. The van der Waals surface area contributed by atoms with Gasteiger partial charge in [-0.15, -0.1) is 0 Å². The van der Waals surface area contributed by atoms with Gasteiger partial charge in [-0.05, 0) is 30.5 Å². The molecule has 3 nitrogen and oxygen atoms in total. The molecule has 19 heavy (non-hydrogen) atoms. The largest absolute Gasteiger partial charge is 0.416 e. The lowest BCUT2D eigenvalue weighted by atomic mass is 10.1. The van der Waals surface area contributed by atoms with Crippen LogP contribution in [-0.4, -0.2) is 17.6 Å². The normalized spacial score (nSPS) is 17.1. The van der Waals surface area contributed by atoms with Crippen molar-refractivity contribution in [2.75, 3.05) is 6.54 Å². The smallest absolute Gasteiger partial charge is 0.387 e. The number of aliphatic hydroxyl groups is 1. The lowest BCUT2D eigenvalue weighted by molar-refractivity contribution is -0.137. The number of aliphatic hydroxyl groups excluding tert-OH is 1. The van der Waals surface area contributed by atoms with Crippen LogP contribution in [-0.2, 0) is 11.0 Å². The second kappa shape index (κ2) is 5.21. The van der Waals surface area contributed by atoms with Gasteiger partial charge < -0.3 is 10.4 Å². The molecule has 0 bridgehead atoms. The van der Waals surface area contributed by atoms with E-state index in [9.17, 15) is 23.1 Å². The highest BCUT2D eigenvalue weighted by Gasteiger charge is 2.31. The summed E-state index contributed by atoms with van der Waals surface area (Å²) in [5, 5.41) is 12.3. The minimum Gasteiger partial charge on any atom is -0.387 e. The first-order valence-electron chi connectivity index (χ1n) is 6.01. The van der Waals surface area contributed by atoms with Crippen LogP contribution in [0, 0.1) is 5.92 Å². The van der Waals surface area contributed by atoms with Gasteiger partial charge in [-0.1, -0.05) is 12.1 Å². The van der Waals surface area contributed by atoms with Crippen LogP contribution in [0.25, 0.3) is 0 Å². The van der Waals surface area contributed by atoms with Crippen molar-refractivity contribution in [1.29, 1.82) is 0 Å². The summed E-state index contributed by atoms with van der Waals surface area (Å²) in [7, 11) is 0. The molecule has 0 aromatic heterocycles. The number of alkyl halides is 3. The number of carbonyl (C=O) groups is 1. The fourth-order valence-corrected chi connectivity index (χ4v) is 1.70. The number of nitrogens with one attached hydrogen (secondary N) is 1. The summed E-state index contributed by atoms with van der Waals surface area (Å²) in [6, 6.07) is 4.27. The maximum absolute atomic E-state index is 12.4. The molecule has 0 heterocycles. The van der Waals surface area contributed by atoms with E-state index < -0.39 is 17.8 Å². The van der Waals surface area contributed by atoms with Crippen LogP contribution in [0.2, 0.25) is 0 Å². The van der Waals surface area contributed by atoms with Crippen molar-refractivity contribution in [2.24, 2.45) is 5.92 Å². The standard InChI is InChI=1S/C13H14F3NO2/c14-13(15,16)10-5-3-8(4-6-10)11(18)7-17-12(19)9-1-2-9/h3-6,9,11,18H,1-2,7H2,(H,17,19). The molecular weight excluding hydrogens is 259 g/mol. The summed E-state index contributed by atoms with van der Waals surface area (Å²) in [6.45, 7) is 0.0146. The van der Waals surface area contributed by atoms with Gasteiger partial charge in [0, 0.05) is 12.5 Å².